The smallest absolute Gasteiger partial charge is 0.250 e. The van der Waals surface area contributed by atoms with Crippen LogP contribution in [0.15, 0.2) is 42.1 Å². The minimum Gasteiger partial charge on any atom is -0.351 e. The van der Waals surface area contributed by atoms with Crippen LogP contribution in [-0.2, 0) is 27.8 Å². The Bertz CT molecular complexity index is 1370. The van der Waals surface area contributed by atoms with Gasteiger partial charge in [0.1, 0.15) is 0 Å². The van der Waals surface area contributed by atoms with Crippen molar-refractivity contribution in [2.24, 2.45) is 0 Å². The first kappa shape index (κ1) is 26.4. The SMILES string of the molecule is C[C@@H]1Cc2cnc(NC3CCN(S(=O)(=O)C4CC4)CC3)nc2CN1C(=O)C1=C(c2ccccc2)CN(C)CC1. The highest BCUT2D eigenvalue weighted by Crippen LogP contribution is 2.33. The van der Waals surface area contributed by atoms with Gasteiger partial charge in [-0.15, -0.1) is 0 Å². The fourth-order valence-electron chi connectivity index (χ4n) is 6.06. The van der Waals surface area contributed by atoms with Crippen LogP contribution in [0.1, 0.15) is 55.8 Å². The van der Waals surface area contributed by atoms with Gasteiger partial charge >= 0.3 is 0 Å². The number of hydrogen-bond donors (Lipinski definition) is 1. The number of nitrogens with zero attached hydrogens (tertiary/aromatic N) is 5. The highest BCUT2D eigenvalue weighted by molar-refractivity contribution is 7.90. The van der Waals surface area contributed by atoms with E-state index in [2.05, 4.69) is 41.3 Å². The fraction of sp³-hybridized carbons (Fsp3) is 0.552. The van der Waals surface area contributed by atoms with Crippen molar-refractivity contribution >= 4 is 27.5 Å². The number of rotatable bonds is 6. The number of hydrogen-bond acceptors (Lipinski definition) is 7. The van der Waals surface area contributed by atoms with Crippen molar-refractivity contribution in [3.05, 3.63) is 58.9 Å². The molecular weight excluding hydrogens is 512 g/mol. The summed E-state index contributed by atoms with van der Waals surface area (Å²) in [6, 6.07) is 10.4. The topological polar surface area (TPSA) is 98.7 Å². The summed E-state index contributed by atoms with van der Waals surface area (Å²) in [7, 11) is -1.02. The van der Waals surface area contributed by atoms with Gasteiger partial charge in [0.15, 0.2) is 0 Å². The van der Waals surface area contributed by atoms with Crippen LogP contribution in [0.2, 0.25) is 0 Å². The van der Waals surface area contributed by atoms with Gasteiger partial charge in [0, 0.05) is 50.0 Å². The monoisotopic (exact) mass is 550 g/mol. The molecule has 0 radical (unpaired) electrons. The van der Waals surface area contributed by atoms with Gasteiger partial charge in [0.2, 0.25) is 16.0 Å². The Morgan fingerprint density at radius 3 is 2.49 bits per heavy atom. The molecule has 1 aromatic carbocycles. The van der Waals surface area contributed by atoms with E-state index in [1.165, 1.54) is 0 Å². The van der Waals surface area contributed by atoms with Gasteiger partial charge in [-0.3, -0.25) is 4.79 Å². The highest BCUT2D eigenvalue weighted by Gasteiger charge is 2.41. The normalized spacial score (nSPS) is 23.5. The van der Waals surface area contributed by atoms with Gasteiger partial charge in [-0.1, -0.05) is 30.3 Å². The van der Waals surface area contributed by atoms with Gasteiger partial charge in [-0.25, -0.2) is 22.7 Å². The van der Waals surface area contributed by atoms with Crippen molar-refractivity contribution in [3.63, 3.8) is 0 Å². The molecule has 0 bridgehead atoms. The van der Waals surface area contributed by atoms with E-state index in [0.29, 0.717) is 25.6 Å². The Labute approximate surface area is 231 Å². The van der Waals surface area contributed by atoms with E-state index in [0.717, 1.165) is 79.6 Å². The lowest BCUT2D eigenvalue weighted by atomic mass is 9.91. The van der Waals surface area contributed by atoms with Crippen molar-refractivity contribution in [2.45, 2.75) is 69.3 Å². The average Bonchev–Trinajstić information content (AvgIpc) is 3.80. The largest absolute Gasteiger partial charge is 0.351 e. The number of fused-ring (bicyclic) bond motifs is 1. The molecule has 0 unspecified atom stereocenters. The Hall–Kier alpha value is -2.82. The Balaban J connectivity index is 1.16. The van der Waals surface area contributed by atoms with Crippen molar-refractivity contribution in [1.82, 2.24) is 24.1 Å². The van der Waals surface area contributed by atoms with Crippen LogP contribution in [0.25, 0.3) is 5.57 Å². The van der Waals surface area contributed by atoms with Crippen LogP contribution in [0.4, 0.5) is 5.95 Å². The lowest BCUT2D eigenvalue weighted by molar-refractivity contribution is -0.130. The molecule has 1 amide bonds. The zero-order valence-corrected chi connectivity index (χ0v) is 23.7. The van der Waals surface area contributed by atoms with Crippen LogP contribution < -0.4 is 5.32 Å². The number of amides is 1. The molecule has 2 fully saturated rings. The van der Waals surface area contributed by atoms with E-state index < -0.39 is 10.0 Å². The molecule has 3 aliphatic heterocycles. The fourth-order valence-corrected chi connectivity index (χ4v) is 7.94. The Kier molecular flexibility index (Phi) is 7.20. The number of likely N-dealkylation sites (N-methyl/N-ethyl adjacent to an activating group) is 1. The van der Waals surface area contributed by atoms with Crippen LogP contribution in [0, 0.1) is 0 Å². The number of aromatic nitrogens is 2. The lowest BCUT2D eigenvalue weighted by Gasteiger charge is -2.37. The van der Waals surface area contributed by atoms with E-state index >= 15 is 0 Å². The van der Waals surface area contributed by atoms with Crippen LogP contribution >= 0.6 is 0 Å². The zero-order chi connectivity index (χ0) is 27.1. The molecule has 2 aromatic rings. The predicted molar refractivity (Wildman–Crippen MR) is 151 cm³/mol. The van der Waals surface area contributed by atoms with Gasteiger partial charge < -0.3 is 15.1 Å². The standard InChI is InChI=1S/C29H38N6O3S/c1-20-16-22-17-30-29(31-23-10-14-34(15-11-23)39(37,38)24-8-9-24)32-27(22)19-35(20)28(36)25-12-13-33(2)18-26(25)21-6-4-3-5-7-21/h3-7,17,20,23-24H,8-16,18-19H2,1-2H3,(H,30,31,32)/t20-/m1/s1. The molecule has 4 aliphatic rings. The lowest BCUT2D eigenvalue weighted by Crippen LogP contribution is -2.45. The first-order valence-electron chi connectivity index (χ1n) is 14.2. The third-order valence-corrected chi connectivity index (χ3v) is 11.0. The van der Waals surface area contributed by atoms with Crippen molar-refractivity contribution in [1.29, 1.82) is 0 Å². The number of carbonyl (C=O) groups is 1. The molecule has 1 N–H and O–H groups in total. The number of anilines is 1. The summed E-state index contributed by atoms with van der Waals surface area (Å²) in [6.07, 6.45) is 6.42. The predicted octanol–water partition coefficient (Wildman–Crippen LogP) is 2.91. The van der Waals surface area contributed by atoms with E-state index in [1.807, 2.05) is 29.3 Å². The maximum absolute atomic E-state index is 14.0. The van der Waals surface area contributed by atoms with Crippen LogP contribution in [0.5, 0.6) is 0 Å². The summed E-state index contributed by atoms with van der Waals surface area (Å²) < 4.78 is 26.8. The quantitative estimate of drug-likeness (QED) is 0.591. The van der Waals surface area contributed by atoms with Gasteiger partial charge in [0.25, 0.3) is 5.91 Å². The summed E-state index contributed by atoms with van der Waals surface area (Å²) in [5.74, 6) is 0.667. The summed E-state index contributed by atoms with van der Waals surface area (Å²) in [6.45, 7) is 5.28. The molecular formula is C29H38N6O3S. The Morgan fingerprint density at radius 1 is 1.03 bits per heavy atom. The molecule has 1 saturated carbocycles. The zero-order valence-electron chi connectivity index (χ0n) is 22.8. The first-order chi connectivity index (χ1) is 18.8. The van der Waals surface area contributed by atoms with Crippen LogP contribution in [0.3, 0.4) is 0 Å². The second-order valence-electron chi connectivity index (χ2n) is 11.5. The molecule has 1 aromatic heterocycles. The second-order valence-corrected chi connectivity index (χ2v) is 13.7. The van der Waals surface area contributed by atoms with E-state index in [1.54, 1.807) is 4.31 Å². The van der Waals surface area contributed by atoms with Gasteiger partial charge in [-0.05, 0) is 69.2 Å². The number of benzene rings is 1. The molecule has 9 nitrogen and oxygen atoms in total. The van der Waals surface area contributed by atoms with E-state index in [4.69, 9.17) is 4.98 Å². The maximum atomic E-state index is 14.0. The van der Waals surface area contributed by atoms with Gasteiger partial charge in [-0.2, -0.15) is 0 Å². The summed E-state index contributed by atoms with van der Waals surface area (Å²) in [5, 5.41) is 3.28. The third kappa shape index (κ3) is 5.47. The summed E-state index contributed by atoms with van der Waals surface area (Å²) in [4.78, 5) is 27.6. The number of sulfonamides is 1. The highest BCUT2D eigenvalue weighted by atomic mass is 32.2. The van der Waals surface area contributed by atoms with Crippen molar-refractivity contribution < 1.29 is 13.2 Å². The minimum absolute atomic E-state index is 0.0642. The maximum Gasteiger partial charge on any atom is 0.250 e. The number of nitrogens with one attached hydrogen (secondary N) is 1. The van der Waals surface area contributed by atoms with Crippen molar-refractivity contribution in [2.75, 3.05) is 38.5 Å². The molecule has 6 rings (SSSR count). The van der Waals surface area contributed by atoms with E-state index in [9.17, 15) is 13.2 Å². The number of piperidine rings is 1. The molecule has 10 heteroatoms. The molecule has 208 valence electrons. The summed E-state index contributed by atoms with van der Waals surface area (Å²) >= 11 is 0. The molecule has 39 heavy (non-hydrogen) atoms. The van der Waals surface area contributed by atoms with Crippen LogP contribution in [-0.4, -0.2) is 89.0 Å². The number of carbonyl (C=O) groups excluding carboxylic acids is 1. The van der Waals surface area contributed by atoms with Crippen molar-refractivity contribution in [3.8, 4) is 0 Å². The molecule has 1 atom stereocenters. The molecule has 1 aliphatic carbocycles. The molecule has 4 heterocycles. The molecule has 1 saturated heterocycles. The second kappa shape index (κ2) is 10.6. The first-order valence-corrected chi connectivity index (χ1v) is 15.7. The molecule has 0 spiro atoms. The third-order valence-electron chi connectivity index (χ3n) is 8.59. The average molecular weight is 551 g/mol. The summed E-state index contributed by atoms with van der Waals surface area (Å²) in [5.41, 5.74) is 5.12. The minimum atomic E-state index is -3.12. The van der Waals surface area contributed by atoms with E-state index in [-0.39, 0.29) is 23.2 Å². The Morgan fingerprint density at radius 2 is 1.77 bits per heavy atom. The van der Waals surface area contributed by atoms with Gasteiger partial charge in [0.05, 0.1) is 17.5 Å².